The Labute approximate surface area is 143 Å². The molecule has 0 aromatic heterocycles. The minimum atomic E-state index is -0.822. The minimum Gasteiger partial charge on any atom is -0.469 e. The van der Waals surface area contributed by atoms with Crippen molar-refractivity contribution in [1.29, 1.82) is 0 Å². The molecule has 3 fully saturated rings. The van der Waals surface area contributed by atoms with Gasteiger partial charge in [-0.2, -0.15) is 0 Å². The Bertz CT molecular complexity index is 502. The van der Waals surface area contributed by atoms with Crippen molar-refractivity contribution in [2.24, 2.45) is 35.5 Å². The fourth-order valence-corrected chi connectivity index (χ4v) is 4.59. The monoisotopic (exact) mass is 340 g/mol. The van der Waals surface area contributed by atoms with E-state index in [2.05, 4.69) is 13.8 Å². The summed E-state index contributed by atoms with van der Waals surface area (Å²) in [6, 6.07) is 0. The number of ether oxygens (including phenoxy) is 3. The molecule has 7 atom stereocenters. The van der Waals surface area contributed by atoms with Gasteiger partial charge in [0.05, 0.1) is 25.6 Å². The summed E-state index contributed by atoms with van der Waals surface area (Å²) in [5, 5.41) is 0. The zero-order valence-electron chi connectivity index (χ0n) is 15.1. The average Bonchev–Trinajstić information content (AvgIpc) is 3.25. The van der Waals surface area contributed by atoms with Crippen LogP contribution in [0.25, 0.3) is 0 Å². The SMILES string of the molecule is CC.COC(=O)C1C2CC(C(C)C2C)C1C(=O)OC1CCOC1=O. The van der Waals surface area contributed by atoms with Crippen LogP contribution in [0, 0.1) is 35.5 Å². The van der Waals surface area contributed by atoms with Crippen LogP contribution in [0.4, 0.5) is 0 Å². The van der Waals surface area contributed by atoms with Gasteiger partial charge < -0.3 is 14.2 Å². The quantitative estimate of drug-likeness (QED) is 0.579. The molecule has 6 nitrogen and oxygen atoms in total. The molecule has 0 aromatic carbocycles. The van der Waals surface area contributed by atoms with Gasteiger partial charge in [-0.3, -0.25) is 9.59 Å². The maximum Gasteiger partial charge on any atom is 0.347 e. The molecule has 2 saturated carbocycles. The summed E-state index contributed by atoms with van der Waals surface area (Å²) in [5.41, 5.74) is 0. The summed E-state index contributed by atoms with van der Waals surface area (Å²) in [6.45, 7) is 8.52. The third-order valence-electron chi connectivity index (χ3n) is 5.92. The molecule has 1 saturated heterocycles. The molecule has 3 rings (SSSR count). The van der Waals surface area contributed by atoms with Crippen molar-refractivity contribution in [3.63, 3.8) is 0 Å². The fraction of sp³-hybridized carbons (Fsp3) is 0.833. The highest BCUT2D eigenvalue weighted by Gasteiger charge is 2.61. The standard InChI is InChI=1S/C16H22O6.C2H6/c1-7-8(2)10-6-9(7)12(15(18)20-3)13(10)16(19)22-11-4-5-21-14(11)17;1-2/h7-13H,4-6H2,1-3H3;1-2H3. The lowest BCUT2D eigenvalue weighted by atomic mass is 9.69. The van der Waals surface area contributed by atoms with Crippen LogP contribution in [-0.4, -0.2) is 37.7 Å². The second-order valence-corrected chi connectivity index (χ2v) is 6.74. The lowest BCUT2D eigenvalue weighted by molar-refractivity contribution is -0.171. The van der Waals surface area contributed by atoms with E-state index in [1.807, 2.05) is 13.8 Å². The molecule has 1 aliphatic heterocycles. The Kier molecular flexibility index (Phi) is 5.88. The molecule has 0 N–H and O–H groups in total. The Morgan fingerprint density at radius 3 is 2.04 bits per heavy atom. The van der Waals surface area contributed by atoms with Gasteiger partial charge in [0.25, 0.3) is 0 Å². The van der Waals surface area contributed by atoms with Crippen molar-refractivity contribution >= 4 is 17.9 Å². The summed E-state index contributed by atoms with van der Waals surface area (Å²) in [7, 11) is 1.35. The highest BCUT2D eigenvalue weighted by atomic mass is 16.6. The Morgan fingerprint density at radius 2 is 1.58 bits per heavy atom. The summed E-state index contributed by atoms with van der Waals surface area (Å²) in [5.74, 6) is -1.23. The van der Waals surface area contributed by atoms with Crippen LogP contribution in [0.3, 0.4) is 0 Å². The lowest BCUT2D eigenvalue weighted by Crippen LogP contribution is -2.43. The topological polar surface area (TPSA) is 78.9 Å². The van der Waals surface area contributed by atoms with Gasteiger partial charge in [-0.25, -0.2) is 4.79 Å². The van der Waals surface area contributed by atoms with E-state index in [0.29, 0.717) is 18.3 Å². The molecule has 24 heavy (non-hydrogen) atoms. The molecular formula is C18H28O6. The summed E-state index contributed by atoms with van der Waals surface area (Å²) in [4.78, 5) is 36.2. The normalized spacial score (nSPS) is 39.7. The first-order chi connectivity index (χ1) is 11.5. The maximum absolute atomic E-state index is 12.6. The molecule has 0 amide bonds. The van der Waals surface area contributed by atoms with E-state index >= 15 is 0 Å². The molecule has 2 bridgehead atoms. The van der Waals surface area contributed by atoms with Crippen LogP contribution in [0.15, 0.2) is 0 Å². The minimum absolute atomic E-state index is 0.119. The molecule has 0 aromatic rings. The predicted octanol–water partition coefficient (Wildman–Crippen LogP) is 2.20. The highest BCUT2D eigenvalue weighted by molar-refractivity contribution is 5.86. The van der Waals surface area contributed by atoms with Gasteiger partial charge >= 0.3 is 17.9 Å². The molecule has 7 unspecified atom stereocenters. The van der Waals surface area contributed by atoms with E-state index in [-0.39, 0.29) is 24.4 Å². The van der Waals surface area contributed by atoms with Crippen LogP contribution >= 0.6 is 0 Å². The van der Waals surface area contributed by atoms with Gasteiger partial charge in [-0.05, 0) is 30.1 Å². The Hall–Kier alpha value is -1.59. The van der Waals surface area contributed by atoms with Gasteiger partial charge in [0.1, 0.15) is 0 Å². The third kappa shape index (κ3) is 3.03. The number of fused-ring (bicyclic) bond motifs is 2. The van der Waals surface area contributed by atoms with E-state index in [4.69, 9.17) is 14.2 Å². The fourth-order valence-electron chi connectivity index (χ4n) is 4.59. The van der Waals surface area contributed by atoms with Crippen molar-refractivity contribution in [3.05, 3.63) is 0 Å². The molecule has 136 valence electrons. The second-order valence-electron chi connectivity index (χ2n) is 6.74. The number of cyclic esters (lactones) is 1. The first-order valence-corrected chi connectivity index (χ1v) is 8.90. The van der Waals surface area contributed by atoms with Gasteiger partial charge in [-0.1, -0.05) is 27.7 Å². The zero-order valence-corrected chi connectivity index (χ0v) is 15.1. The number of esters is 3. The lowest BCUT2D eigenvalue weighted by Gasteiger charge is -2.35. The number of carbonyl (C=O) groups excluding carboxylic acids is 3. The van der Waals surface area contributed by atoms with E-state index in [1.165, 1.54) is 7.11 Å². The Balaban J connectivity index is 0.00000100. The van der Waals surface area contributed by atoms with Crippen molar-refractivity contribution in [3.8, 4) is 0 Å². The molecule has 2 aliphatic carbocycles. The van der Waals surface area contributed by atoms with Crippen molar-refractivity contribution < 1.29 is 28.6 Å². The van der Waals surface area contributed by atoms with Crippen LogP contribution in [-0.2, 0) is 28.6 Å². The first kappa shape index (κ1) is 18.7. The summed E-state index contributed by atoms with van der Waals surface area (Å²) >= 11 is 0. The van der Waals surface area contributed by atoms with Gasteiger partial charge in [0.2, 0.25) is 6.10 Å². The van der Waals surface area contributed by atoms with E-state index in [9.17, 15) is 14.4 Å². The highest BCUT2D eigenvalue weighted by Crippen LogP contribution is 2.58. The van der Waals surface area contributed by atoms with Gasteiger partial charge in [0, 0.05) is 6.42 Å². The number of rotatable bonds is 3. The maximum atomic E-state index is 12.6. The van der Waals surface area contributed by atoms with E-state index in [1.54, 1.807) is 0 Å². The number of methoxy groups -OCH3 is 1. The summed E-state index contributed by atoms with van der Waals surface area (Å²) in [6.07, 6.45) is 0.412. The van der Waals surface area contributed by atoms with Crippen LogP contribution < -0.4 is 0 Å². The van der Waals surface area contributed by atoms with E-state index < -0.39 is 29.9 Å². The number of hydrogen-bond acceptors (Lipinski definition) is 6. The summed E-state index contributed by atoms with van der Waals surface area (Å²) < 4.78 is 15.1. The molecule has 3 aliphatic rings. The van der Waals surface area contributed by atoms with Gasteiger partial charge in [0.15, 0.2) is 0 Å². The van der Waals surface area contributed by atoms with E-state index in [0.717, 1.165) is 6.42 Å². The second kappa shape index (κ2) is 7.53. The van der Waals surface area contributed by atoms with Crippen LogP contribution in [0.1, 0.15) is 40.5 Å². The smallest absolute Gasteiger partial charge is 0.347 e. The predicted molar refractivity (Wildman–Crippen MR) is 85.7 cm³/mol. The van der Waals surface area contributed by atoms with Gasteiger partial charge in [-0.15, -0.1) is 0 Å². The molecule has 1 heterocycles. The van der Waals surface area contributed by atoms with Crippen LogP contribution in [0.5, 0.6) is 0 Å². The molecule has 6 heteroatoms. The average molecular weight is 340 g/mol. The molecule has 0 spiro atoms. The first-order valence-electron chi connectivity index (χ1n) is 8.90. The zero-order chi connectivity index (χ0) is 18.0. The number of hydrogen-bond donors (Lipinski definition) is 0. The van der Waals surface area contributed by atoms with Crippen molar-refractivity contribution in [1.82, 2.24) is 0 Å². The molecule has 0 radical (unpaired) electrons. The third-order valence-corrected chi connectivity index (χ3v) is 5.92. The Morgan fingerprint density at radius 1 is 1.04 bits per heavy atom. The number of carbonyl (C=O) groups is 3. The van der Waals surface area contributed by atoms with Crippen molar-refractivity contribution in [2.45, 2.75) is 46.6 Å². The van der Waals surface area contributed by atoms with Crippen LogP contribution in [0.2, 0.25) is 0 Å². The van der Waals surface area contributed by atoms with Crippen molar-refractivity contribution in [2.75, 3.05) is 13.7 Å². The molecular weight excluding hydrogens is 312 g/mol. The largest absolute Gasteiger partial charge is 0.469 e.